The highest BCUT2D eigenvalue weighted by Crippen LogP contribution is 2.18. The van der Waals surface area contributed by atoms with E-state index in [0.717, 1.165) is 0 Å². The number of nitrogens with zero attached hydrogens (tertiary/aromatic N) is 1. The summed E-state index contributed by atoms with van der Waals surface area (Å²) in [6.45, 7) is -0.245. The number of benzene rings is 1. The van der Waals surface area contributed by atoms with Crippen LogP contribution in [0, 0.1) is 17.7 Å². The maximum absolute atomic E-state index is 13.2. The molecular formula is C15H14FNO3. The minimum atomic E-state index is -0.452. The van der Waals surface area contributed by atoms with Crippen molar-refractivity contribution in [2.45, 2.75) is 25.8 Å². The lowest BCUT2D eigenvalue weighted by molar-refractivity contribution is -0.148. The van der Waals surface area contributed by atoms with Crippen LogP contribution in [-0.2, 0) is 16.1 Å². The molecule has 1 aromatic rings. The Morgan fingerprint density at radius 2 is 1.95 bits per heavy atom. The third-order valence-electron chi connectivity index (χ3n) is 3.09. The van der Waals surface area contributed by atoms with E-state index in [1.54, 1.807) is 0 Å². The fourth-order valence-corrected chi connectivity index (χ4v) is 2.08. The Morgan fingerprint density at radius 1 is 1.25 bits per heavy atom. The Bertz CT molecular complexity index is 585. The van der Waals surface area contributed by atoms with Crippen molar-refractivity contribution in [1.29, 1.82) is 0 Å². The Kier molecular flexibility index (Phi) is 4.49. The lowest BCUT2D eigenvalue weighted by Crippen LogP contribution is -2.39. The second-order valence-electron chi connectivity index (χ2n) is 4.49. The van der Waals surface area contributed by atoms with E-state index in [-0.39, 0.29) is 25.0 Å². The minimum absolute atomic E-state index is 0.0907. The molecule has 1 aliphatic rings. The van der Waals surface area contributed by atoms with Gasteiger partial charge in [0.2, 0.25) is 11.8 Å². The number of rotatable bonds is 2. The van der Waals surface area contributed by atoms with Gasteiger partial charge in [-0.15, -0.1) is 0 Å². The third kappa shape index (κ3) is 3.22. The molecule has 0 spiro atoms. The van der Waals surface area contributed by atoms with Crippen molar-refractivity contribution in [2.24, 2.45) is 0 Å². The summed E-state index contributed by atoms with van der Waals surface area (Å²) >= 11 is 0. The van der Waals surface area contributed by atoms with Gasteiger partial charge in [-0.2, -0.15) is 0 Å². The number of carbonyl (C=O) groups excluding carboxylic acids is 2. The van der Waals surface area contributed by atoms with Gasteiger partial charge in [-0.05, 0) is 24.1 Å². The van der Waals surface area contributed by atoms with Gasteiger partial charge >= 0.3 is 0 Å². The number of halogens is 1. The highest BCUT2D eigenvalue weighted by Gasteiger charge is 2.26. The van der Waals surface area contributed by atoms with Crippen molar-refractivity contribution in [1.82, 2.24) is 4.90 Å². The summed E-state index contributed by atoms with van der Waals surface area (Å²) < 4.78 is 13.2. The molecule has 1 heterocycles. The van der Waals surface area contributed by atoms with E-state index < -0.39 is 5.82 Å². The molecule has 1 N–H and O–H groups in total. The van der Waals surface area contributed by atoms with Crippen molar-refractivity contribution >= 4 is 11.8 Å². The molecule has 1 aliphatic heterocycles. The lowest BCUT2D eigenvalue weighted by Gasteiger charge is -2.25. The van der Waals surface area contributed by atoms with Crippen molar-refractivity contribution in [3.63, 3.8) is 0 Å². The van der Waals surface area contributed by atoms with E-state index in [1.165, 1.54) is 23.1 Å². The van der Waals surface area contributed by atoms with Gasteiger partial charge in [0.15, 0.2) is 0 Å². The van der Waals surface area contributed by atoms with Gasteiger partial charge in [0, 0.05) is 18.4 Å². The predicted octanol–water partition coefficient (Wildman–Crippen LogP) is 1.21. The number of imide groups is 1. The zero-order valence-electron chi connectivity index (χ0n) is 10.9. The molecule has 1 aromatic carbocycles. The Labute approximate surface area is 116 Å². The molecule has 104 valence electrons. The van der Waals surface area contributed by atoms with Gasteiger partial charge in [0.05, 0.1) is 6.54 Å². The van der Waals surface area contributed by atoms with Crippen LogP contribution < -0.4 is 0 Å². The molecule has 0 saturated carbocycles. The van der Waals surface area contributed by atoms with Crippen molar-refractivity contribution in [3.8, 4) is 11.8 Å². The summed E-state index contributed by atoms with van der Waals surface area (Å²) in [5.41, 5.74) is 0.973. The number of piperidine rings is 1. The number of aliphatic hydroxyl groups excluding tert-OH is 1. The second-order valence-corrected chi connectivity index (χ2v) is 4.49. The highest BCUT2D eigenvalue weighted by atomic mass is 19.1. The average molecular weight is 275 g/mol. The van der Waals surface area contributed by atoms with Crippen LogP contribution in [0.3, 0.4) is 0 Å². The topological polar surface area (TPSA) is 57.6 Å². The molecule has 2 rings (SSSR count). The molecule has 5 heteroatoms. The Hall–Kier alpha value is -2.19. The molecular weight excluding hydrogens is 261 g/mol. The van der Waals surface area contributed by atoms with Crippen LogP contribution >= 0.6 is 0 Å². The van der Waals surface area contributed by atoms with E-state index in [2.05, 4.69) is 11.8 Å². The molecule has 4 nitrogen and oxygen atoms in total. The third-order valence-corrected chi connectivity index (χ3v) is 3.09. The fourth-order valence-electron chi connectivity index (χ4n) is 2.08. The standard InChI is InChI=1S/C15H14FNO3/c16-13-7-6-12(11(9-13)3-2-8-18)10-17-14(19)4-1-5-15(17)20/h6-7,9,18H,1,4-5,8,10H2. The minimum Gasteiger partial charge on any atom is -0.384 e. The molecule has 1 fully saturated rings. The summed E-state index contributed by atoms with van der Waals surface area (Å²) in [5.74, 6) is 4.19. The lowest BCUT2D eigenvalue weighted by atomic mass is 10.0. The van der Waals surface area contributed by atoms with Gasteiger partial charge in [0.1, 0.15) is 12.4 Å². The quantitative estimate of drug-likeness (QED) is 0.652. The first-order valence-electron chi connectivity index (χ1n) is 6.33. The van der Waals surface area contributed by atoms with Crippen LogP contribution in [0.1, 0.15) is 30.4 Å². The summed E-state index contributed by atoms with van der Waals surface area (Å²) in [5, 5.41) is 8.71. The molecule has 0 unspecified atom stereocenters. The van der Waals surface area contributed by atoms with Crippen LogP contribution in [0.4, 0.5) is 4.39 Å². The fraction of sp³-hybridized carbons (Fsp3) is 0.333. The van der Waals surface area contributed by atoms with Crippen LogP contribution in [0.2, 0.25) is 0 Å². The Balaban J connectivity index is 2.28. The molecule has 0 aromatic heterocycles. The first-order valence-corrected chi connectivity index (χ1v) is 6.33. The van der Waals surface area contributed by atoms with Crippen LogP contribution in [-0.4, -0.2) is 28.4 Å². The van der Waals surface area contributed by atoms with Crippen LogP contribution in [0.25, 0.3) is 0 Å². The maximum atomic E-state index is 13.2. The van der Waals surface area contributed by atoms with Crippen molar-refractivity contribution in [3.05, 3.63) is 35.1 Å². The number of aliphatic hydroxyl groups is 1. The zero-order valence-corrected chi connectivity index (χ0v) is 10.9. The molecule has 0 aliphatic carbocycles. The SMILES string of the molecule is O=C1CCCC(=O)N1Cc1ccc(F)cc1C#CCO. The summed E-state index contributed by atoms with van der Waals surface area (Å²) in [4.78, 5) is 24.7. The smallest absolute Gasteiger partial charge is 0.229 e. The van der Waals surface area contributed by atoms with E-state index >= 15 is 0 Å². The molecule has 0 radical (unpaired) electrons. The van der Waals surface area contributed by atoms with E-state index in [9.17, 15) is 14.0 Å². The zero-order chi connectivity index (χ0) is 14.5. The van der Waals surface area contributed by atoms with Gasteiger partial charge in [-0.3, -0.25) is 14.5 Å². The summed E-state index contributed by atoms with van der Waals surface area (Å²) in [7, 11) is 0. The monoisotopic (exact) mass is 275 g/mol. The van der Waals surface area contributed by atoms with Crippen molar-refractivity contribution in [2.75, 3.05) is 6.61 Å². The van der Waals surface area contributed by atoms with Crippen molar-refractivity contribution < 1.29 is 19.1 Å². The predicted molar refractivity (Wildman–Crippen MR) is 69.8 cm³/mol. The van der Waals surface area contributed by atoms with Crippen LogP contribution in [0.5, 0.6) is 0 Å². The van der Waals surface area contributed by atoms with E-state index in [4.69, 9.17) is 5.11 Å². The van der Waals surface area contributed by atoms with Gasteiger partial charge in [-0.1, -0.05) is 17.9 Å². The Morgan fingerprint density at radius 3 is 2.60 bits per heavy atom. The molecule has 0 bridgehead atoms. The van der Waals surface area contributed by atoms with E-state index in [0.29, 0.717) is 30.4 Å². The van der Waals surface area contributed by atoms with Gasteiger partial charge < -0.3 is 5.11 Å². The first-order chi connectivity index (χ1) is 9.61. The first kappa shape index (κ1) is 14.2. The number of hydrogen-bond donors (Lipinski definition) is 1. The molecule has 20 heavy (non-hydrogen) atoms. The van der Waals surface area contributed by atoms with Crippen LogP contribution in [0.15, 0.2) is 18.2 Å². The number of amides is 2. The number of carbonyl (C=O) groups is 2. The highest BCUT2D eigenvalue weighted by molar-refractivity contribution is 5.97. The second kappa shape index (κ2) is 6.31. The number of hydrogen-bond acceptors (Lipinski definition) is 3. The largest absolute Gasteiger partial charge is 0.384 e. The van der Waals surface area contributed by atoms with Gasteiger partial charge in [0.25, 0.3) is 0 Å². The molecule has 1 saturated heterocycles. The van der Waals surface area contributed by atoms with Gasteiger partial charge in [-0.25, -0.2) is 4.39 Å². The summed E-state index contributed by atoms with van der Waals surface area (Å²) in [6.07, 6.45) is 1.28. The molecule has 0 atom stereocenters. The normalized spacial score (nSPS) is 15.0. The summed E-state index contributed by atoms with van der Waals surface area (Å²) in [6, 6.07) is 4.00. The maximum Gasteiger partial charge on any atom is 0.229 e. The molecule has 2 amide bonds. The number of likely N-dealkylation sites (tertiary alicyclic amines) is 1. The average Bonchev–Trinajstić information content (AvgIpc) is 2.42. The van der Waals surface area contributed by atoms with E-state index in [1.807, 2.05) is 0 Å².